The lowest BCUT2D eigenvalue weighted by atomic mass is 10.0. The Bertz CT molecular complexity index is 1490. The maximum atomic E-state index is 14.3. The van der Waals surface area contributed by atoms with Crippen LogP contribution in [0.3, 0.4) is 0 Å². The third kappa shape index (κ3) is 8.83. The maximum Gasteiger partial charge on any atom is 0.264 e. The van der Waals surface area contributed by atoms with Gasteiger partial charge in [0.1, 0.15) is 18.3 Å². The number of carbonyl (C=O) groups excluding carboxylic acids is 2. The predicted molar refractivity (Wildman–Crippen MR) is 172 cm³/mol. The van der Waals surface area contributed by atoms with E-state index in [1.807, 2.05) is 58.9 Å². The van der Waals surface area contributed by atoms with Gasteiger partial charge in [0, 0.05) is 12.1 Å². The van der Waals surface area contributed by atoms with Crippen molar-refractivity contribution in [1.82, 2.24) is 10.2 Å². The molecule has 0 radical (unpaired) electrons. The number of nitrogens with zero attached hydrogens (tertiary/aromatic N) is 2. The third-order valence-corrected chi connectivity index (χ3v) is 8.89. The van der Waals surface area contributed by atoms with Gasteiger partial charge in [-0.1, -0.05) is 62.7 Å². The van der Waals surface area contributed by atoms with Crippen LogP contribution in [-0.4, -0.2) is 50.4 Å². The quantitative estimate of drug-likeness (QED) is 0.271. The number of methoxy groups -OCH3 is 1. The van der Waals surface area contributed by atoms with Crippen LogP contribution in [0.25, 0.3) is 0 Å². The molecule has 0 spiro atoms. The van der Waals surface area contributed by atoms with E-state index in [1.54, 1.807) is 55.6 Å². The Labute approximate surface area is 257 Å². The molecule has 0 aliphatic rings. The van der Waals surface area contributed by atoms with Gasteiger partial charge in [0.05, 0.1) is 17.7 Å². The topological polar surface area (TPSA) is 96.0 Å². The summed E-state index contributed by atoms with van der Waals surface area (Å²) in [5, 5.41) is 2.99. The van der Waals surface area contributed by atoms with E-state index in [9.17, 15) is 18.0 Å². The maximum absolute atomic E-state index is 14.3. The molecule has 0 saturated carbocycles. The Morgan fingerprint density at radius 1 is 0.953 bits per heavy atom. The molecule has 0 fully saturated rings. The van der Waals surface area contributed by atoms with Crippen molar-refractivity contribution in [3.8, 4) is 5.75 Å². The molecule has 0 aliphatic heterocycles. The molecule has 0 saturated heterocycles. The van der Waals surface area contributed by atoms with E-state index in [0.717, 1.165) is 21.0 Å². The molecule has 0 aliphatic carbocycles. The van der Waals surface area contributed by atoms with Crippen molar-refractivity contribution in [2.24, 2.45) is 0 Å². The van der Waals surface area contributed by atoms with Gasteiger partial charge >= 0.3 is 0 Å². The SMILES string of the molecule is CC[C@H](C(=O)NC(C)(C)C)N(Cc1cccc(OC)c1)C(=O)CN(c1ccc(C(C)C)cc1)S(=O)(=O)c1ccc(C)cc1. The molecule has 0 bridgehead atoms. The number of benzene rings is 3. The number of rotatable bonds is 12. The van der Waals surface area contributed by atoms with Crippen molar-refractivity contribution >= 4 is 27.5 Å². The first-order valence-electron chi connectivity index (χ1n) is 14.6. The van der Waals surface area contributed by atoms with Gasteiger partial charge in [-0.05, 0) is 87.6 Å². The number of hydrogen-bond donors (Lipinski definition) is 1. The summed E-state index contributed by atoms with van der Waals surface area (Å²) in [6, 6.07) is 20.2. The van der Waals surface area contributed by atoms with Crippen molar-refractivity contribution in [2.75, 3.05) is 18.0 Å². The van der Waals surface area contributed by atoms with Gasteiger partial charge in [-0.3, -0.25) is 13.9 Å². The highest BCUT2D eigenvalue weighted by molar-refractivity contribution is 7.92. The number of sulfonamides is 1. The zero-order valence-electron chi connectivity index (χ0n) is 26.5. The second kappa shape index (κ2) is 14.1. The normalized spacial score (nSPS) is 12.5. The highest BCUT2D eigenvalue weighted by Gasteiger charge is 2.34. The molecule has 8 nitrogen and oxygen atoms in total. The standard InChI is InChI=1S/C34H45N3O5S/c1-9-31(33(39)35-34(5,6)7)36(22-26-11-10-12-29(21-26)42-8)32(38)23-37(28-17-15-27(16-18-28)24(2)3)43(40,41)30-19-13-25(4)14-20-30/h10-21,24,31H,9,22-23H2,1-8H3,(H,35,39)/t31-/m1/s1. The minimum absolute atomic E-state index is 0.0794. The Balaban J connectivity index is 2.10. The van der Waals surface area contributed by atoms with Crippen LogP contribution in [0.5, 0.6) is 5.75 Å². The van der Waals surface area contributed by atoms with Crippen LogP contribution in [-0.2, 0) is 26.2 Å². The molecule has 0 aromatic heterocycles. The average Bonchev–Trinajstić information content (AvgIpc) is 2.95. The Morgan fingerprint density at radius 2 is 1.58 bits per heavy atom. The number of ether oxygens (including phenoxy) is 1. The summed E-state index contributed by atoms with van der Waals surface area (Å²) < 4.78 is 34.7. The van der Waals surface area contributed by atoms with Crippen LogP contribution in [0.15, 0.2) is 77.7 Å². The van der Waals surface area contributed by atoms with Crippen LogP contribution < -0.4 is 14.4 Å². The minimum atomic E-state index is -4.13. The third-order valence-electron chi connectivity index (χ3n) is 7.11. The van der Waals surface area contributed by atoms with Crippen molar-refractivity contribution in [1.29, 1.82) is 0 Å². The summed E-state index contributed by atoms with van der Waals surface area (Å²) in [4.78, 5) is 29.3. The van der Waals surface area contributed by atoms with Gasteiger partial charge in [0.25, 0.3) is 10.0 Å². The predicted octanol–water partition coefficient (Wildman–Crippen LogP) is 6.04. The first kappa shape index (κ1) is 33.6. The molecule has 43 heavy (non-hydrogen) atoms. The molecule has 0 unspecified atom stereocenters. The van der Waals surface area contributed by atoms with Gasteiger partial charge in [0.2, 0.25) is 11.8 Å². The van der Waals surface area contributed by atoms with Gasteiger partial charge in [0.15, 0.2) is 0 Å². The Hall–Kier alpha value is -3.85. The molecule has 3 aromatic carbocycles. The van der Waals surface area contributed by atoms with E-state index in [1.165, 1.54) is 4.90 Å². The molecule has 1 atom stereocenters. The van der Waals surface area contributed by atoms with Crippen molar-refractivity contribution in [3.05, 3.63) is 89.5 Å². The molecule has 3 aromatic rings. The summed E-state index contributed by atoms with van der Waals surface area (Å²) in [6.45, 7) is 13.1. The van der Waals surface area contributed by atoms with Crippen molar-refractivity contribution in [3.63, 3.8) is 0 Å². The lowest BCUT2D eigenvalue weighted by Crippen LogP contribution is -2.55. The first-order chi connectivity index (χ1) is 20.2. The van der Waals surface area contributed by atoms with Gasteiger partial charge < -0.3 is 15.0 Å². The van der Waals surface area contributed by atoms with Crippen LogP contribution >= 0.6 is 0 Å². The zero-order chi connectivity index (χ0) is 31.9. The van der Waals surface area contributed by atoms with E-state index in [4.69, 9.17) is 4.74 Å². The Morgan fingerprint density at radius 3 is 2.12 bits per heavy atom. The number of nitrogens with one attached hydrogen (secondary N) is 1. The summed E-state index contributed by atoms with van der Waals surface area (Å²) in [6.07, 6.45) is 0.339. The number of hydrogen-bond acceptors (Lipinski definition) is 5. The number of aryl methyl sites for hydroxylation is 1. The van der Waals surface area contributed by atoms with Crippen LogP contribution in [0.2, 0.25) is 0 Å². The number of anilines is 1. The summed E-state index contributed by atoms with van der Waals surface area (Å²) in [5.41, 5.74) is 2.57. The fourth-order valence-corrected chi connectivity index (χ4v) is 6.15. The lowest BCUT2D eigenvalue weighted by Gasteiger charge is -2.35. The van der Waals surface area contributed by atoms with E-state index < -0.39 is 34.1 Å². The van der Waals surface area contributed by atoms with E-state index in [-0.39, 0.29) is 23.3 Å². The Kier molecular flexibility index (Phi) is 11.0. The molecular formula is C34H45N3O5S. The van der Waals surface area contributed by atoms with Crippen LogP contribution in [0, 0.1) is 6.92 Å². The van der Waals surface area contributed by atoms with Crippen LogP contribution in [0.4, 0.5) is 5.69 Å². The first-order valence-corrected chi connectivity index (χ1v) is 16.0. The molecule has 232 valence electrons. The fraction of sp³-hybridized carbons (Fsp3) is 0.412. The summed E-state index contributed by atoms with van der Waals surface area (Å²) >= 11 is 0. The molecular weight excluding hydrogens is 562 g/mol. The number of carbonyl (C=O) groups is 2. The van der Waals surface area contributed by atoms with Crippen LogP contribution in [0.1, 0.15) is 70.6 Å². The van der Waals surface area contributed by atoms with Crippen molar-refractivity contribution < 1.29 is 22.7 Å². The molecule has 9 heteroatoms. The zero-order valence-corrected chi connectivity index (χ0v) is 27.4. The molecule has 3 rings (SSSR count). The fourth-order valence-electron chi connectivity index (χ4n) is 4.73. The summed E-state index contributed by atoms with van der Waals surface area (Å²) in [7, 11) is -2.57. The number of amides is 2. The summed E-state index contributed by atoms with van der Waals surface area (Å²) in [5.74, 6) is 0.0663. The second-order valence-electron chi connectivity index (χ2n) is 12.1. The highest BCUT2D eigenvalue weighted by atomic mass is 32.2. The monoisotopic (exact) mass is 607 g/mol. The largest absolute Gasteiger partial charge is 0.497 e. The highest BCUT2D eigenvalue weighted by Crippen LogP contribution is 2.27. The van der Waals surface area contributed by atoms with Crippen molar-refractivity contribution in [2.45, 2.75) is 83.8 Å². The van der Waals surface area contributed by atoms with E-state index in [0.29, 0.717) is 17.9 Å². The second-order valence-corrected chi connectivity index (χ2v) is 14.0. The van der Waals surface area contributed by atoms with Gasteiger partial charge in [-0.2, -0.15) is 0 Å². The molecule has 2 amide bonds. The molecule has 0 heterocycles. The van der Waals surface area contributed by atoms with Gasteiger partial charge in [-0.25, -0.2) is 8.42 Å². The van der Waals surface area contributed by atoms with Gasteiger partial charge in [-0.15, -0.1) is 0 Å². The minimum Gasteiger partial charge on any atom is -0.497 e. The van der Waals surface area contributed by atoms with E-state index >= 15 is 0 Å². The average molecular weight is 608 g/mol. The lowest BCUT2D eigenvalue weighted by molar-refractivity contribution is -0.141. The molecule has 1 N–H and O–H groups in total. The van der Waals surface area contributed by atoms with E-state index in [2.05, 4.69) is 19.2 Å². The smallest absolute Gasteiger partial charge is 0.264 e.